The van der Waals surface area contributed by atoms with Crippen LogP contribution in [0.15, 0.2) is 24.3 Å². The Morgan fingerprint density at radius 3 is 2.46 bits per heavy atom. The van der Waals surface area contributed by atoms with Crippen molar-refractivity contribution < 1.29 is 28.8 Å². The molecule has 9 heteroatoms. The second kappa shape index (κ2) is 9.99. The smallest absolute Gasteiger partial charge is 0.340 e. The summed E-state index contributed by atoms with van der Waals surface area (Å²) in [4.78, 5) is 27.2. The number of carbonyl (C=O) groups excluding carboxylic acids is 1. The molecule has 35 heavy (non-hydrogen) atoms. The number of halogens is 2. The Morgan fingerprint density at radius 1 is 1.06 bits per heavy atom. The van der Waals surface area contributed by atoms with E-state index in [-0.39, 0.29) is 17.8 Å². The largest absolute Gasteiger partial charge is 0.432 e. The maximum Gasteiger partial charge on any atom is 0.340 e. The molecule has 5 aliphatic rings. The number of hydrogen-bond donors (Lipinski definition) is 0. The summed E-state index contributed by atoms with van der Waals surface area (Å²) in [6, 6.07) is 7.32. The summed E-state index contributed by atoms with van der Waals surface area (Å²) in [6.45, 7) is 7.60. The average Bonchev–Trinajstić information content (AvgIpc) is 3.08. The second-order valence-electron chi connectivity index (χ2n) is 10.6. The third-order valence-corrected chi connectivity index (χ3v) is 8.84. The highest BCUT2D eigenvalue weighted by Gasteiger charge is 2.69. The van der Waals surface area contributed by atoms with Crippen LogP contribution in [0.2, 0.25) is 0 Å². The lowest BCUT2D eigenvalue weighted by atomic mass is 9.58. The molecule has 2 bridgehead atoms. The average molecular weight is 528 g/mol. The number of ether oxygens (including phenoxy) is 3. The molecule has 0 aromatic heterocycles. The van der Waals surface area contributed by atoms with Gasteiger partial charge in [-0.3, -0.25) is 0 Å². The van der Waals surface area contributed by atoms with Crippen molar-refractivity contribution >= 4 is 34.9 Å². The van der Waals surface area contributed by atoms with Gasteiger partial charge < -0.3 is 19.1 Å². The number of hydrogen-bond acceptors (Lipinski definition) is 7. The SMILES string of the molecule is C[C@@H]1CC[C@H]2[C@@H](C)C(OC(=O)c3ccc(N(CCCl)CCCl)cc3)O[C@@H]3O[C@@]4(C)CC[C@@H]1[C@]32OO4. The predicted molar refractivity (Wildman–Crippen MR) is 132 cm³/mol. The van der Waals surface area contributed by atoms with Crippen molar-refractivity contribution in [1.82, 2.24) is 0 Å². The molecule has 194 valence electrons. The first-order valence-electron chi connectivity index (χ1n) is 12.7. The molecule has 1 aromatic rings. The van der Waals surface area contributed by atoms with Crippen molar-refractivity contribution in [3.8, 4) is 0 Å². The number of anilines is 1. The molecular formula is C26H35Cl2NO6. The Bertz CT molecular complexity index is 912. The third kappa shape index (κ3) is 4.47. The number of esters is 1. The van der Waals surface area contributed by atoms with Crippen LogP contribution < -0.4 is 4.90 Å². The van der Waals surface area contributed by atoms with Gasteiger partial charge in [0.25, 0.3) is 0 Å². The highest BCUT2D eigenvalue weighted by Crippen LogP contribution is 2.60. The lowest BCUT2D eigenvalue weighted by Crippen LogP contribution is -2.70. The van der Waals surface area contributed by atoms with Crippen LogP contribution in [0.4, 0.5) is 5.69 Å². The molecule has 1 aromatic carbocycles. The quantitative estimate of drug-likeness (QED) is 0.269. The minimum Gasteiger partial charge on any atom is -0.432 e. The number of fused-ring (bicyclic) bond motifs is 2. The van der Waals surface area contributed by atoms with E-state index in [1.807, 2.05) is 19.1 Å². The zero-order valence-corrected chi connectivity index (χ0v) is 22.1. The summed E-state index contributed by atoms with van der Waals surface area (Å²) >= 11 is 11.8. The number of benzene rings is 1. The molecule has 1 spiro atoms. The minimum absolute atomic E-state index is 0.0675. The number of alkyl halides is 2. The molecular weight excluding hydrogens is 493 g/mol. The zero-order valence-electron chi connectivity index (χ0n) is 20.6. The van der Waals surface area contributed by atoms with Gasteiger partial charge in [-0.1, -0.05) is 13.8 Å². The fraction of sp³-hybridized carbons (Fsp3) is 0.731. The Morgan fingerprint density at radius 2 is 1.77 bits per heavy atom. The highest BCUT2D eigenvalue weighted by atomic mass is 35.5. The lowest BCUT2D eigenvalue weighted by molar-refractivity contribution is -0.576. The molecule has 0 N–H and O–H groups in total. The fourth-order valence-corrected chi connectivity index (χ4v) is 6.97. The van der Waals surface area contributed by atoms with Crippen LogP contribution >= 0.6 is 23.2 Å². The molecule has 6 rings (SSSR count). The summed E-state index contributed by atoms with van der Waals surface area (Å²) in [5.74, 6) is 0.493. The number of carbonyl (C=O) groups is 1. The molecule has 7 nitrogen and oxygen atoms in total. The first-order chi connectivity index (χ1) is 16.8. The van der Waals surface area contributed by atoms with E-state index >= 15 is 0 Å². The highest BCUT2D eigenvalue weighted by molar-refractivity contribution is 6.18. The van der Waals surface area contributed by atoms with Crippen LogP contribution in [-0.2, 0) is 24.0 Å². The van der Waals surface area contributed by atoms with E-state index in [0.717, 1.165) is 31.4 Å². The van der Waals surface area contributed by atoms with E-state index in [1.165, 1.54) is 0 Å². The number of rotatable bonds is 7. The van der Waals surface area contributed by atoms with E-state index < -0.39 is 29.9 Å². The van der Waals surface area contributed by atoms with Crippen LogP contribution in [0.3, 0.4) is 0 Å². The monoisotopic (exact) mass is 527 g/mol. The fourth-order valence-electron chi connectivity index (χ4n) is 6.56. The third-order valence-electron chi connectivity index (χ3n) is 8.50. The van der Waals surface area contributed by atoms with Crippen LogP contribution in [0, 0.1) is 23.7 Å². The van der Waals surface area contributed by atoms with Crippen molar-refractivity contribution in [2.24, 2.45) is 23.7 Å². The van der Waals surface area contributed by atoms with Crippen molar-refractivity contribution in [3.63, 3.8) is 0 Å². The van der Waals surface area contributed by atoms with Gasteiger partial charge in [-0.15, -0.1) is 23.2 Å². The molecule has 0 radical (unpaired) electrons. The summed E-state index contributed by atoms with van der Waals surface area (Å²) in [5.41, 5.74) is 0.751. The van der Waals surface area contributed by atoms with Crippen molar-refractivity contribution in [2.45, 2.75) is 70.4 Å². The summed E-state index contributed by atoms with van der Waals surface area (Å²) in [5, 5.41) is 0. The summed E-state index contributed by atoms with van der Waals surface area (Å²) in [6.07, 6.45) is 2.37. The first kappa shape index (κ1) is 25.6. The molecule has 4 saturated heterocycles. The first-order valence-corrected chi connectivity index (χ1v) is 13.8. The van der Waals surface area contributed by atoms with Gasteiger partial charge in [0.1, 0.15) is 0 Å². The molecule has 8 atom stereocenters. The molecule has 1 unspecified atom stereocenters. The summed E-state index contributed by atoms with van der Waals surface area (Å²) < 4.78 is 18.6. The Kier molecular flexibility index (Phi) is 7.30. The van der Waals surface area contributed by atoms with E-state index in [9.17, 15) is 4.79 Å². The predicted octanol–water partition coefficient (Wildman–Crippen LogP) is 5.34. The Hall–Kier alpha value is -1.09. The molecule has 5 fully saturated rings. The van der Waals surface area contributed by atoms with Gasteiger partial charge in [0.05, 0.1) is 5.56 Å². The van der Waals surface area contributed by atoms with Crippen molar-refractivity contribution in [3.05, 3.63) is 29.8 Å². The molecule has 4 aliphatic heterocycles. The van der Waals surface area contributed by atoms with Gasteiger partial charge in [0, 0.05) is 48.8 Å². The topological polar surface area (TPSA) is 66.5 Å². The Labute approximate surface area is 217 Å². The second-order valence-corrected chi connectivity index (χ2v) is 11.3. The van der Waals surface area contributed by atoms with Gasteiger partial charge in [-0.2, -0.15) is 0 Å². The minimum atomic E-state index is -0.861. The van der Waals surface area contributed by atoms with E-state index in [2.05, 4.69) is 18.7 Å². The van der Waals surface area contributed by atoms with Gasteiger partial charge in [0.15, 0.2) is 11.9 Å². The van der Waals surface area contributed by atoms with E-state index in [4.69, 9.17) is 47.2 Å². The van der Waals surface area contributed by atoms with E-state index in [0.29, 0.717) is 36.3 Å². The number of nitrogens with zero attached hydrogens (tertiary/aromatic N) is 1. The normalized spacial score (nSPS) is 40.0. The van der Waals surface area contributed by atoms with Gasteiger partial charge in [0.2, 0.25) is 12.1 Å². The van der Waals surface area contributed by atoms with Crippen LogP contribution in [-0.4, -0.2) is 54.8 Å². The molecule has 0 amide bonds. The maximum atomic E-state index is 13.1. The summed E-state index contributed by atoms with van der Waals surface area (Å²) in [7, 11) is 0. The van der Waals surface area contributed by atoms with Crippen molar-refractivity contribution in [1.29, 1.82) is 0 Å². The molecule has 4 heterocycles. The zero-order chi connectivity index (χ0) is 24.8. The van der Waals surface area contributed by atoms with Gasteiger partial charge in [-0.25, -0.2) is 14.6 Å². The maximum absolute atomic E-state index is 13.1. The standard InChI is InChI=1S/C26H35Cl2NO6/c1-16-4-9-21-17(2)23(32-24-26(21)20(16)10-11-25(3,33-24)34-35-26)31-22(30)18-5-7-19(8-6-18)29(14-12-27)15-13-28/h5-8,16-17,20-21,23-24H,4,9-15H2,1-3H3/t16-,17-,20+,21+,23?,24-,25-,26-/m1/s1. The van der Waals surface area contributed by atoms with Crippen molar-refractivity contribution in [2.75, 3.05) is 29.7 Å². The molecule has 1 aliphatic carbocycles. The van der Waals surface area contributed by atoms with E-state index in [1.54, 1.807) is 12.1 Å². The van der Waals surface area contributed by atoms with Crippen LogP contribution in [0.25, 0.3) is 0 Å². The van der Waals surface area contributed by atoms with Gasteiger partial charge in [-0.05, 0) is 62.3 Å². The van der Waals surface area contributed by atoms with Crippen LogP contribution in [0.1, 0.15) is 56.8 Å². The Balaban J connectivity index is 1.33. The van der Waals surface area contributed by atoms with Crippen LogP contribution in [0.5, 0.6) is 0 Å². The lowest BCUT2D eigenvalue weighted by Gasteiger charge is -2.59. The molecule has 1 saturated carbocycles. The van der Waals surface area contributed by atoms with Gasteiger partial charge >= 0.3 is 5.97 Å².